The number of halogens is 1. The number of para-hydroxylation sites is 1. The van der Waals surface area contributed by atoms with Crippen molar-refractivity contribution in [3.63, 3.8) is 0 Å². The zero-order chi connectivity index (χ0) is 19.7. The highest BCUT2D eigenvalue weighted by atomic mass is 35.5. The van der Waals surface area contributed by atoms with Crippen LogP contribution in [-0.2, 0) is 6.42 Å². The first-order chi connectivity index (χ1) is 13.5. The molecule has 6 heteroatoms. The summed E-state index contributed by atoms with van der Waals surface area (Å²) in [6, 6.07) is 15.4. The zero-order valence-corrected chi connectivity index (χ0v) is 16.6. The molecule has 3 aromatic rings. The molecule has 2 aromatic carbocycles. The van der Waals surface area contributed by atoms with Crippen molar-refractivity contribution in [3.05, 3.63) is 76.1 Å². The van der Waals surface area contributed by atoms with Gasteiger partial charge in [-0.25, -0.2) is 9.97 Å². The van der Waals surface area contributed by atoms with Crippen LogP contribution >= 0.6 is 11.6 Å². The Morgan fingerprint density at radius 1 is 1.11 bits per heavy atom. The highest BCUT2D eigenvalue weighted by molar-refractivity contribution is 6.31. The van der Waals surface area contributed by atoms with Crippen molar-refractivity contribution in [1.29, 1.82) is 0 Å². The number of benzene rings is 2. The van der Waals surface area contributed by atoms with Crippen LogP contribution in [0.4, 0.5) is 17.3 Å². The molecule has 0 unspecified atom stereocenters. The highest BCUT2D eigenvalue weighted by Gasteiger charge is 2.24. The molecule has 0 atom stereocenters. The number of fused-ring (bicyclic) bond motifs is 1. The van der Waals surface area contributed by atoms with Gasteiger partial charge in [-0.1, -0.05) is 35.9 Å². The van der Waals surface area contributed by atoms with Crippen LogP contribution in [0.5, 0.6) is 0 Å². The molecule has 1 amide bonds. The van der Waals surface area contributed by atoms with Gasteiger partial charge in [-0.3, -0.25) is 4.79 Å². The lowest BCUT2D eigenvalue weighted by Crippen LogP contribution is -2.36. The molecule has 142 valence electrons. The van der Waals surface area contributed by atoms with Crippen molar-refractivity contribution in [1.82, 2.24) is 9.97 Å². The maximum Gasteiger partial charge on any atom is 0.277 e. The number of hydrogen-bond donors (Lipinski definition) is 1. The molecule has 0 saturated carbocycles. The van der Waals surface area contributed by atoms with E-state index in [-0.39, 0.29) is 5.91 Å². The first-order valence-corrected chi connectivity index (χ1v) is 9.68. The van der Waals surface area contributed by atoms with Crippen molar-refractivity contribution in [2.75, 3.05) is 16.8 Å². The van der Waals surface area contributed by atoms with Crippen LogP contribution in [0.1, 0.15) is 33.7 Å². The standard InChI is InChI=1S/C22H21ClN4O/c1-14-9-10-17(13-18(14)23)25-22-24-15(2)12-19(26-22)21(28)27-11-5-7-16-6-3-4-8-20(16)27/h3-4,6,8-10,12-13H,5,7,11H2,1-2H3,(H,24,25,26). The highest BCUT2D eigenvalue weighted by Crippen LogP contribution is 2.28. The molecule has 0 spiro atoms. The molecule has 1 N–H and O–H groups in total. The van der Waals surface area contributed by atoms with E-state index in [2.05, 4.69) is 21.4 Å². The monoisotopic (exact) mass is 392 g/mol. The molecule has 5 nitrogen and oxygen atoms in total. The number of rotatable bonds is 3. The Kier molecular flexibility index (Phi) is 5.01. The van der Waals surface area contributed by atoms with Crippen LogP contribution in [0, 0.1) is 13.8 Å². The second kappa shape index (κ2) is 7.60. The summed E-state index contributed by atoms with van der Waals surface area (Å²) in [5, 5.41) is 3.82. The topological polar surface area (TPSA) is 58.1 Å². The first-order valence-electron chi connectivity index (χ1n) is 9.30. The van der Waals surface area contributed by atoms with Crippen molar-refractivity contribution < 1.29 is 4.79 Å². The van der Waals surface area contributed by atoms with Gasteiger partial charge in [-0.15, -0.1) is 0 Å². The number of aryl methyl sites for hydroxylation is 3. The summed E-state index contributed by atoms with van der Waals surface area (Å²) >= 11 is 6.20. The van der Waals surface area contributed by atoms with Crippen molar-refractivity contribution >= 4 is 34.8 Å². The fourth-order valence-electron chi connectivity index (χ4n) is 3.42. The molecule has 1 aromatic heterocycles. The lowest BCUT2D eigenvalue weighted by Gasteiger charge is -2.29. The van der Waals surface area contributed by atoms with E-state index in [1.54, 1.807) is 6.07 Å². The number of aromatic nitrogens is 2. The molecule has 0 fully saturated rings. The van der Waals surface area contributed by atoms with Crippen LogP contribution < -0.4 is 10.2 Å². The van der Waals surface area contributed by atoms with Crippen molar-refractivity contribution in [3.8, 4) is 0 Å². The minimum atomic E-state index is -0.109. The fraction of sp³-hybridized carbons (Fsp3) is 0.227. The maximum absolute atomic E-state index is 13.2. The number of carbonyl (C=O) groups excluding carboxylic acids is 1. The molecule has 4 rings (SSSR count). The number of hydrogen-bond acceptors (Lipinski definition) is 4. The van der Waals surface area contributed by atoms with Gasteiger partial charge in [0.05, 0.1) is 0 Å². The summed E-state index contributed by atoms with van der Waals surface area (Å²) in [7, 11) is 0. The predicted octanol–water partition coefficient (Wildman–Crippen LogP) is 5.08. The second-order valence-electron chi connectivity index (χ2n) is 7.00. The zero-order valence-electron chi connectivity index (χ0n) is 15.9. The van der Waals surface area contributed by atoms with E-state index >= 15 is 0 Å². The third kappa shape index (κ3) is 3.71. The molecule has 1 aliphatic heterocycles. The van der Waals surface area contributed by atoms with Crippen LogP contribution in [0.2, 0.25) is 5.02 Å². The summed E-state index contributed by atoms with van der Waals surface area (Å²) < 4.78 is 0. The Morgan fingerprint density at radius 3 is 2.75 bits per heavy atom. The van der Waals surface area contributed by atoms with Gasteiger partial charge >= 0.3 is 0 Å². The summed E-state index contributed by atoms with van der Waals surface area (Å²) in [6.07, 6.45) is 1.93. The normalized spacial score (nSPS) is 13.2. The van der Waals surface area contributed by atoms with E-state index in [0.717, 1.165) is 35.5 Å². The Bertz CT molecular complexity index is 1050. The third-order valence-corrected chi connectivity index (χ3v) is 5.26. The Hall–Kier alpha value is -2.92. The third-order valence-electron chi connectivity index (χ3n) is 4.86. The number of nitrogens with zero attached hydrogens (tertiary/aromatic N) is 3. The molecular formula is C22H21ClN4O. The summed E-state index contributed by atoms with van der Waals surface area (Å²) in [4.78, 5) is 23.9. The SMILES string of the molecule is Cc1cc(C(=O)N2CCCc3ccccc32)nc(Nc2ccc(C)c(Cl)c2)n1. The molecule has 28 heavy (non-hydrogen) atoms. The number of anilines is 3. The molecular weight excluding hydrogens is 372 g/mol. The van der Waals surface area contributed by atoms with E-state index in [1.807, 2.05) is 55.1 Å². The average molecular weight is 393 g/mol. The van der Waals surface area contributed by atoms with Gasteiger partial charge < -0.3 is 10.2 Å². The predicted molar refractivity (Wildman–Crippen MR) is 113 cm³/mol. The molecule has 2 heterocycles. The minimum Gasteiger partial charge on any atom is -0.324 e. The van der Waals surface area contributed by atoms with Gasteiger partial charge in [-0.2, -0.15) is 0 Å². The Labute approximate surface area is 169 Å². The smallest absolute Gasteiger partial charge is 0.277 e. The largest absolute Gasteiger partial charge is 0.324 e. The average Bonchev–Trinajstić information content (AvgIpc) is 2.69. The van der Waals surface area contributed by atoms with E-state index in [0.29, 0.717) is 23.2 Å². The quantitative estimate of drug-likeness (QED) is 0.675. The summed E-state index contributed by atoms with van der Waals surface area (Å²) in [5.74, 6) is 0.274. The van der Waals surface area contributed by atoms with Gasteiger partial charge in [0, 0.05) is 28.6 Å². The maximum atomic E-state index is 13.2. The van der Waals surface area contributed by atoms with Crippen molar-refractivity contribution in [2.24, 2.45) is 0 Å². The van der Waals surface area contributed by atoms with E-state index in [1.165, 1.54) is 5.56 Å². The molecule has 1 aliphatic rings. The van der Waals surface area contributed by atoms with Crippen LogP contribution in [0.15, 0.2) is 48.5 Å². The van der Waals surface area contributed by atoms with E-state index < -0.39 is 0 Å². The number of amides is 1. The Balaban J connectivity index is 1.64. The van der Waals surface area contributed by atoms with E-state index in [4.69, 9.17) is 11.6 Å². The number of nitrogens with one attached hydrogen (secondary N) is 1. The summed E-state index contributed by atoms with van der Waals surface area (Å²) in [6.45, 7) is 4.49. The molecule has 0 bridgehead atoms. The van der Waals surface area contributed by atoms with Crippen LogP contribution in [-0.4, -0.2) is 22.4 Å². The van der Waals surface area contributed by atoms with E-state index in [9.17, 15) is 4.79 Å². The minimum absolute atomic E-state index is 0.109. The van der Waals surface area contributed by atoms with Gasteiger partial charge in [0.2, 0.25) is 5.95 Å². The second-order valence-corrected chi connectivity index (χ2v) is 7.40. The lowest BCUT2D eigenvalue weighted by atomic mass is 10.0. The van der Waals surface area contributed by atoms with Crippen LogP contribution in [0.3, 0.4) is 0 Å². The van der Waals surface area contributed by atoms with Gasteiger partial charge in [0.1, 0.15) is 5.69 Å². The van der Waals surface area contributed by atoms with Gasteiger partial charge in [-0.05, 0) is 62.1 Å². The molecule has 0 aliphatic carbocycles. The Morgan fingerprint density at radius 2 is 1.93 bits per heavy atom. The summed E-state index contributed by atoms with van der Waals surface area (Å²) in [5.41, 5.74) is 5.05. The molecule has 0 saturated heterocycles. The lowest BCUT2D eigenvalue weighted by molar-refractivity contribution is 0.0980. The molecule has 0 radical (unpaired) electrons. The first kappa shape index (κ1) is 18.4. The van der Waals surface area contributed by atoms with Crippen LogP contribution in [0.25, 0.3) is 0 Å². The van der Waals surface area contributed by atoms with Gasteiger partial charge in [0.15, 0.2) is 0 Å². The van der Waals surface area contributed by atoms with Gasteiger partial charge in [0.25, 0.3) is 5.91 Å². The fourth-order valence-corrected chi connectivity index (χ4v) is 3.60. The van der Waals surface area contributed by atoms with Crippen molar-refractivity contribution in [2.45, 2.75) is 26.7 Å². The number of carbonyl (C=O) groups is 1.